The van der Waals surface area contributed by atoms with E-state index in [0.717, 1.165) is 37.6 Å². The summed E-state index contributed by atoms with van der Waals surface area (Å²) in [5, 5.41) is 7.32. The van der Waals surface area contributed by atoms with Gasteiger partial charge in [-0.25, -0.2) is 0 Å². The molecule has 7 heteroatoms. The highest BCUT2D eigenvalue weighted by Gasteiger charge is 2.29. The molecule has 2 unspecified atom stereocenters. The molecule has 1 saturated heterocycles. The summed E-state index contributed by atoms with van der Waals surface area (Å²) in [4.78, 5) is 4.92. The molecule has 0 aromatic heterocycles. The summed E-state index contributed by atoms with van der Waals surface area (Å²) >= 11 is 5.64. The smallest absolute Gasteiger partial charge is 0.171 e. The number of piperazine rings is 1. The zero-order valence-corrected chi connectivity index (χ0v) is 19.0. The Morgan fingerprint density at radius 2 is 1.70 bits per heavy atom. The van der Waals surface area contributed by atoms with Gasteiger partial charge in [0.25, 0.3) is 0 Å². The van der Waals surface area contributed by atoms with Gasteiger partial charge in [0.05, 0.1) is 25.9 Å². The second-order valence-corrected chi connectivity index (χ2v) is 8.06. The first-order valence-electron chi connectivity index (χ1n) is 10.3. The van der Waals surface area contributed by atoms with Crippen LogP contribution in [0.5, 0.6) is 11.5 Å². The maximum atomic E-state index is 5.64. The lowest BCUT2D eigenvalue weighted by atomic mass is 9.98. The van der Waals surface area contributed by atoms with E-state index in [1.165, 1.54) is 5.56 Å². The monoisotopic (exact) mass is 428 g/mol. The predicted molar refractivity (Wildman–Crippen MR) is 127 cm³/mol. The van der Waals surface area contributed by atoms with Gasteiger partial charge < -0.3 is 25.0 Å². The number of thiocarbonyl (C=S) groups is 1. The third-order valence-corrected chi connectivity index (χ3v) is 5.78. The molecule has 0 radical (unpaired) electrons. The van der Waals surface area contributed by atoms with Crippen molar-refractivity contribution in [3.8, 4) is 11.5 Å². The van der Waals surface area contributed by atoms with Gasteiger partial charge in [-0.2, -0.15) is 0 Å². The number of methoxy groups -OCH3 is 2. The van der Waals surface area contributed by atoms with E-state index in [1.54, 1.807) is 14.2 Å². The molecule has 1 heterocycles. The fraction of sp³-hybridized carbons (Fsp3) is 0.435. The Labute approximate surface area is 185 Å². The lowest BCUT2D eigenvalue weighted by molar-refractivity contribution is 0.0973. The molecule has 1 fully saturated rings. The molecule has 0 aliphatic carbocycles. The average molecular weight is 429 g/mol. The minimum absolute atomic E-state index is 0.118. The number of nitrogens with zero attached hydrogens (tertiary/aromatic N) is 2. The Balaban J connectivity index is 1.74. The van der Waals surface area contributed by atoms with Gasteiger partial charge in [-0.05, 0) is 43.9 Å². The van der Waals surface area contributed by atoms with Crippen LogP contribution in [0.15, 0.2) is 48.5 Å². The number of likely N-dealkylation sites (N-methyl/N-ethyl adjacent to an activating group) is 1. The lowest BCUT2D eigenvalue weighted by Crippen LogP contribution is -2.52. The molecule has 2 atom stereocenters. The van der Waals surface area contributed by atoms with E-state index in [9.17, 15) is 0 Å². The number of nitrogens with one attached hydrogen (secondary N) is 2. The fourth-order valence-corrected chi connectivity index (χ4v) is 4.22. The topological polar surface area (TPSA) is 49.0 Å². The average Bonchev–Trinajstić information content (AvgIpc) is 2.76. The summed E-state index contributed by atoms with van der Waals surface area (Å²) < 4.78 is 10.8. The van der Waals surface area contributed by atoms with Gasteiger partial charge >= 0.3 is 0 Å². The van der Waals surface area contributed by atoms with Crippen molar-refractivity contribution in [1.82, 2.24) is 15.1 Å². The van der Waals surface area contributed by atoms with Crippen LogP contribution in [0.4, 0.5) is 5.69 Å². The van der Waals surface area contributed by atoms with Crippen LogP contribution in [0, 0.1) is 0 Å². The van der Waals surface area contributed by atoms with Crippen LogP contribution in [0.25, 0.3) is 0 Å². The molecule has 30 heavy (non-hydrogen) atoms. The second-order valence-electron chi connectivity index (χ2n) is 7.65. The first kappa shape index (κ1) is 22.3. The standard InChI is InChI=1S/C23H32N4O2S/c1-17(24-23(30)25-20-16-19(28-3)10-11-21(20)29-4)22(18-8-6-5-7-9-18)27-14-12-26(2)13-15-27/h5-11,16-17,22H,12-15H2,1-4H3,(H2,24,25,30). The fourth-order valence-electron chi connectivity index (χ4n) is 3.92. The molecule has 3 rings (SSSR count). The van der Waals surface area contributed by atoms with Crippen molar-refractivity contribution in [3.63, 3.8) is 0 Å². The molecule has 1 aliphatic rings. The van der Waals surface area contributed by atoms with E-state index in [1.807, 2.05) is 18.2 Å². The summed E-state index contributed by atoms with van der Waals surface area (Å²) in [5.41, 5.74) is 2.07. The van der Waals surface area contributed by atoms with E-state index in [-0.39, 0.29) is 12.1 Å². The maximum Gasteiger partial charge on any atom is 0.171 e. The number of rotatable bonds is 7. The second kappa shape index (κ2) is 10.6. The molecule has 0 spiro atoms. The highest BCUT2D eigenvalue weighted by atomic mass is 32.1. The summed E-state index contributed by atoms with van der Waals surface area (Å²) in [7, 11) is 5.47. The number of hydrogen-bond donors (Lipinski definition) is 2. The number of anilines is 1. The summed E-state index contributed by atoms with van der Waals surface area (Å²) in [6.45, 7) is 6.39. The first-order chi connectivity index (χ1) is 14.5. The largest absolute Gasteiger partial charge is 0.497 e. The van der Waals surface area contributed by atoms with Gasteiger partial charge in [0, 0.05) is 38.3 Å². The molecule has 1 aliphatic heterocycles. The van der Waals surface area contributed by atoms with Crippen molar-refractivity contribution in [2.45, 2.75) is 19.0 Å². The molecule has 0 saturated carbocycles. The maximum absolute atomic E-state index is 5.64. The number of hydrogen-bond acceptors (Lipinski definition) is 5. The highest BCUT2D eigenvalue weighted by molar-refractivity contribution is 7.80. The molecular formula is C23H32N4O2S. The molecule has 2 aromatic carbocycles. The third-order valence-electron chi connectivity index (χ3n) is 5.56. The Bertz CT molecular complexity index is 825. The predicted octanol–water partition coefficient (Wildman–Crippen LogP) is 3.37. The van der Waals surface area contributed by atoms with Crippen LogP contribution in [0.2, 0.25) is 0 Å². The molecule has 2 N–H and O–H groups in total. The lowest BCUT2D eigenvalue weighted by Gasteiger charge is -2.41. The van der Waals surface area contributed by atoms with E-state index in [2.05, 4.69) is 64.7 Å². The van der Waals surface area contributed by atoms with Gasteiger partial charge in [-0.15, -0.1) is 0 Å². The highest BCUT2D eigenvalue weighted by Crippen LogP contribution is 2.29. The van der Waals surface area contributed by atoms with Crippen LogP contribution in [-0.2, 0) is 0 Å². The minimum Gasteiger partial charge on any atom is -0.497 e. The third kappa shape index (κ3) is 5.62. The zero-order valence-electron chi connectivity index (χ0n) is 18.2. The normalized spacial score (nSPS) is 17.1. The summed E-state index contributed by atoms with van der Waals surface area (Å²) in [6.07, 6.45) is 0. The van der Waals surface area contributed by atoms with E-state index in [4.69, 9.17) is 21.7 Å². The van der Waals surface area contributed by atoms with Crippen LogP contribution in [0.1, 0.15) is 18.5 Å². The Hall–Kier alpha value is -2.35. The molecular weight excluding hydrogens is 396 g/mol. The molecule has 2 aromatic rings. The van der Waals surface area contributed by atoms with Crippen molar-refractivity contribution in [2.24, 2.45) is 0 Å². The van der Waals surface area contributed by atoms with Crippen molar-refractivity contribution >= 4 is 23.0 Å². The Morgan fingerprint density at radius 3 is 2.33 bits per heavy atom. The van der Waals surface area contributed by atoms with Crippen molar-refractivity contribution in [3.05, 3.63) is 54.1 Å². The van der Waals surface area contributed by atoms with Gasteiger partial charge in [0.2, 0.25) is 0 Å². The molecule has 162 valence electrons. The Kier molecular flexibility index (Phi) is 7.90. The number of ether oxygens (including phenoxy) is 2. The summed E-state index contributed by atoms with van der Waals surface area (Å²) in [5.74, 6) is 1.46. The molecule has 0 amide bonds. The minimum atomic E-state index is 0.118. The van der Waals surface area contributed by atoms with Crippen molar-refractivity contribution in [1.29, 1.82) is 0 Å². The van der Waals surface area contributed by atoms with Gasteiger partial charge in [-0.1, -0.05) is 30.3 Å². The van der Waals surface area contributed by atoms with Crippen molar-refractivity contribution in [2.75, 3.05) is 52.8 Å². The van der Waals surface area contributed by atoms with Gasteiger partial charge in [0.15, 0.2) is 5.11 Å². The van der Waals surface area contributed by atoms with Crippen molar-refractivity contribution < 1.29 is 9.47 Å². The quantitative estimate of drug-likeness (QED) is 0.656. The number of benzene rings is 2. The molecule has 0 bridgehead atoms. The molecule has 6 nitrogen and oxygen atoms in total. The van der Waals surface area contributed by atoms with Crippen LogP contribution in [0.3, 0.4) is 0 Å². The van der Waals surface area contributed by atoms with E-state index in [0.29, 0.717) is 10.9 Å². The van der Waals surface area contributed by atoms with Crippen LogP contribution in [-0.4, -0.2) is 68.4 Å². The first-order valence-corrected chi connectivity index (χ1v) is 10.7. The SMILES string of the molecule is COc1ccc(OC)c(NC(=S)NC(C)C(c2ccccc2)N2CCN(C)CC2)c1. The summed E-state index contributed by atoms with van der Waals surface area (Å²) in [6, 6.07) is 16.6. The van der Waals surface area contributed by atoms with Crippen LogP contribution < -0.4 is 20.1 Å². The zero-order chi connectivity index (χ0) is 21.5. The van der Waals surface area contributed by atoms with Gasteiger partial charge in [0.1, 0.15) is 11.5 Å². The van der Waals surface area contributed by atoms with Crippen LogP contribution >= 0.6 is 12.2 Å². The Morgan fingerprint density at radius 1 is 1.00 bits per heavy atom. The van der Waals surface area contributed by atoms with Gasteiger partial charge in [-0.3, -0.25) is 4.90 Å². The van der Waals surface area contributed by atoms with E-state index < -0.39 is 0 Å². The van der Waals surface area contributed by atoms with E-state index >= 15 is 0 Å².